The van der Waals surface area contributed by atoms with E-state index in [0.717, 1.165) is 0 Å². The molecule has 1 aliphatic rings. The Balaban J connectivity index is 1.85. The van der Waals surface area contributed by atoms with Gasteiger partial charge in [-0.2, -0.15) is 0 Å². The fraction of sp³-hybridized carbons (Fsp3) is 0.400. The van der Waals surface area contributed by atoms with E-state index in [1.807, 2.05) is 5.92 Å². The van der Waals surface area contributed by atoms with Crippen LogP contribution in [0.15, 0.2) is 12.7 Å². The van der Waals surface area contributed by atoms with Gasteiger partial charge in [0.15, 0.2) is 23.2 Å². The van der Waals surface area contributed by atoms with Gasteiger partial charge in [0.05, 0.1) is 13.4 Å². The van der Waals surface area contributed by atoms with Gasteiger partial charge in [-0.05, 0) is 5.92 Å². The number of anilines is 1. The lowest BCUT2D eigenvalue weighted by molar-refractivity contribution is -0.111. The van der Waals surface area contributed by atoms with Crippen LogP contribution in [-0.4, -0.2) is 73.7 Å². The summed E-state index contributed by atoms with van der Waals surface area (Å²) in [5.41, 5.74) is 0.470. The third-order valence-corrected chi connectivity index (χ3v) is 3.97. The van der Waals surface area contributed by atoms with Crippen molar-refractivity contribution in [3.8, 4) is 12.3 Å². The normalized spacial score (nSPS) is 24.4. The van der Waals surface area contributed by atoms with Crippen LogP contribution in [0, 0.1) is 12.3 Å². The average molecular weight is 376 g/mol. The number of hydrogen-bond acceptors (Lipinski definition) is 9. The zero-order valence-corrected chi connectivity index (χ0v) is 14.1. The Hall–Kier alpha value is -3.27. The number of ether oxygens (including phenoxy) is 2. The van der Waals surface area contributed by atoms with Crippen LogP contribution in [0.25, 0.3) is 11.2 Å². The molecule has 0 unspecified atom stereocenters. The van der Waals surface area contributed by atoms with Crippen molar-refractivity contribution in [2.45, 2.75) is 24.5 Å². The molecule has 3 rings (SSSR count). The number of carbonyl (C=O) groups is 2. The van der Waals surface area contributed by atoms with Crippen LogP contribution in [0.4, 0.5) is 10.6 Å². The van der Waals surface area contributed by atoms with Crippen molar-refractivity contribution >= 4 is 29.0 Å². The molecule has 2 amide bonds. The van der Waals surface area contributed by atoms with Crippen LogP contribution >= 0.6 is 0 Å². The molecule has 4 atom stereocenters. The third-order valence-electron chi connectivity index (χ3n) is 3.97. The number of aliphatic hydroxyl groups is 2. The molecular weight excluding hydrogens is 360 g/mol. The number of amides is 2. The zero-order valence-electron chi connectivity index (χ0n) is 14.1. The minimum atomic E-state index is -1.31. The van der Waals surface area contributed by atoms with Crippen LogP contribution in [0.2, 0.25) is 0 Å². The molecule has 1 fully saturated rings. The minimum absolute atomic E-state index is 0.0769. The second-order valence-corrected chi connectivity index (χ2v) is 5.56. The number of aliphatic hydroxyl groups excluding tert-OH is 2. The van der Waals surface area contributed by atoms with E-state index >= 15 is 0 Å². The summed E-state index contributed by atoms with van der Waals surface area (Å²) in [6.45, 7) is -0.0769. The number of imidazole rings is 1. The van der Waals surface area contributed by atoms with Gasteiger partial charge in [0.2, 0.25) is 0 Å². The first kappa shape index (κ1) is 18.5. The average Bonchev–Trinajstić information content (AvgIpc) is 3.22. The van der Waals surface area contributed by atoms with Crippen molar-refractivity contribution in [1.29, 1.82) is 0 Å². The van der Waals surface area contributed by atoms with Gasteiger partial charge in [0, 0.05) is 6.54 Å². The fourth-order valence-corrected chi connectivity index (χ4v) is 2.66. The molecule has 4 N–H and O–H groups in total. The van der Waals surface area contributed by atoms with Crippen LogP contribution in [0.1, 0.15) is 6.23 Å². The maximum Gasteiger partial charge on any atom is 0.406 e. The smallest absolute Gasteiger partial charge is 0.406 e. The van der Waals surface area contributed by atoms with Gasteiger partial charge in [-0.15, -0.1) is 6.42 Å². The van der Waals surface area contributed by atoms with Crippen molar-refractivity contribution in [3.05, 3.63) is 12.7 Å². The standard InChI is InChI=1S/C15H16N6O6/c1-3-8(22)20-12-9-13(18-5-17-12)21(6-19-9)14-11(24)10(23)7(27-14)4-16-15(25)26-2/h1,5-7,10-11,14,23-24H,4H2,2H3,(H,16,25)(H,17,18,20,22)/t7-,10-,11-,14-/m1/s1. The van der Waals surface area contributed by atoms with Crippen molar-refractivity contribution in [3.63, 3.8) is 0 Å². The van der Waals surface area contributed by atoms with Gasteiger partial charge in [-0.3, -0.25) is 14.7 Å². The Morgan fingerprint density at radius 3 is 2.85 bits per heavy atom. The molecule has 3 heterocycles. The SMILES string of the molecule is C#CC(=O)Nc1ncnc2c1ncn2[C@@H]1O[C@H](CNC(=O)OC)[C@@H](O)[C@H]1O. The van der Waals surface area contributed by atoms with Gasteiger partial charge >= 0.3 is 12.0 Å². The summed E-state index contributed by atoms with van der Waals surface area (Å²) in [7, 11) is 1.20. The molecule has 0 saturated carbocycles. The maximum absolute atomic E-state index is 11.4. The van der Waals surface area contributed by atoms with Crippen molar-refractivity contribution in [2.75, 3.05) is 19.0 Å². The Bertz CT molecular complexity index is 908. The van der Waals surface area contributed by atoms with E-state index < -0.39 is 36.5 Å². The molecule has 2 aromatic heterocycles. The first-order chi connectivity index (χ1) is 13.0. The number of carbonyl (C=O) groups excluding carboxylic acids is 2. The molecule has 1 aliphatic heterocycles. The van der Waals surface area contributed by atoms with E-state index in [2.05, 4.69) is 30.3 Å². The molecule has 0 radical (unpaired) electrons. The van der Waals surface area contributed by atoms with Gasteiger partial charge < -0.3 is 25.0 Å². The lowest BCUT2D eigenvalue weighted by atomic mass is 10.1. The number of nitrogens with zero attached hydrogens (tertiary/aromatic N) is 4. The summed E-state index contributed by atoms with van der Waals surface area (Å²) < 4.78 is 11.5. The predicted octanol–water partition coefficient (Wildman–Crippen LogP) is -1.63. The molecule has 0 bridgehead atoms. The summed E-state index contributed by atoms with van der Waals surface area (Å²) in [6, 6.07) is 0. The molecule has 27 heavy (non-hydrogen) atoms. The molecule has 12 heteroatoms. The Morgan fingerprint density at radius 2 is 2.15 bits per heavy atom. The number of terminal acetylenes is 1. The summed E-state index contributed by atoms with van der Waals surface area (Å²) in [5, 5.41) is 25.3. The Kier molecular flexibility index (Phi) is 5.17. The fourth-order valence-electron chi connectivity index (χ4n) is 2.66. The van der Waals surface area contributed by atoms with E-state index in [0.29, 0.717) is 0 Å². The molecule has 1 saturated heterocycles. The summed E-state index contributed by atoms with van der Waals surface area (Å²) in [5.74, 6) is 1.29. The van der Waals surface area contributed by atoms with Crippen LogP contribution < -0.4 is 10.6 Å². The number of rotatable bonds is 4. The van der Waals surface area contributed by atoms with E-state index in [1.165, 1.54) is 24.3 Å². The first-order valence-electron chi connectivity index (χ1n) is 7.74. The highest BCUT2D eigenvalue weighted by atomic mass is 16.6. The van der Waals surface area contributed by atoms with Gasteiger partial charge in [-0.25, -0.2) is 19.7 Å². The molecular formula is C15H16N6O6. The van der Waals surface area contributed by atoms with E-state index in [-0.39, 0.29) is 23.5 Å². The van der Waals surface area contributed by atoms with Crippen LogP contribution in [0.3, 0.4) is 0 Å². The van der Waals surface area contributed by atoms with E-state index in [4.69, 9.17) is 11.2 Å². The molecule has 142 valence electrons. The van der Waals surface area contributed by atoms with E-state index in [1.54, 1.807) is 0 Å². The zero-order chi connectivity index (χ0) is 19.6. The number of hydrogen-bond donors (Lipinski definition) is 4. The molecule has 12 nitrogen and oxygen atoms in total. The molecule has 0 aromatic carbocycles. The predicted molar refractivity (Wildman–Crippen MR) is 89.1 cm³/mol. The topological polar surface area (TPSA) is 161 Å². The van der Waals surface area contributed by atoms with Gasteiger partial charge in [0.25, 0.3) is 0 Å². The highest BCUT2D eigenvalue weighted by Gasteiger charge is 2.44. The quantitative estimate of drug-likeness (QED) is 0.459. The summed E-state index contributed by atoms with van der Waals surface area (Å²) in [4.78, 5) is 34.7. The number of alkyl carbamates (subject to hydrolysis) is 1. The minimum Gasteiger partial charge on any atom is -0.453 e. The van der Waals surface area contributed by atoms with Crippen molar-refractivity contribution in [1.82, 2.24) is 24.8 Å². The maximum atomic E-state index is 11.4. The lowest BCUT2D eigenvalue weighted by Crippen LogP contribution is -2.39. The summed E-state index contributed by atoms with van der Waals surface area (Å²) >= 11 is 0. The monoisotopic (exact) mass is 376 g/mol. The second-order valence-electron chi connectivity index (χ2n) is 5.56. The number of nitrogens with one attached hydrogen (secondary N) is 2. The summed E-state index contributed by atoms with van der Waals surface area (Å²) in [6.07, 6.45) is 2.33. The Labute approximate surface area is 152 Å². The molecule has 0 aliphatic carbocycles. The first-order valence-corrected chi connectivity index (χ1v) is 7.74. The number of aromatic nitrogens is 4. The van der Waals surface area contributed by atoms with Crippen molar-refractivity contribution in [2.24, 2.45) is 0 Å². The number of fused-ring (bicyclic) bond motifs is 1. The van der Waals surface area contributed by atoms with Crippen molar-refractivity contribution < 1.29 is 29.3 Å². The van der Waals surface area contributed by atoms with Gasteiger partial charge in [-0.1, -0.05) is 0 Å². The van der Waals surface area contributed by atoms with Gasteiger partial charge in [0.1, 0.15) is 24.6 Å². The second kappa shape index (κ2) is 7.54. The highest BCUT2D eigenvalue weighted by Crippen LogP contribution is 2.32. The van der Waals surface area contributed by atoms with Crippen LogP contribution in [-0.2, 0) is 14.3 Å². The van der Waals surface area contributed by atoms with E-state index in [9.17, 15) is 19.8 Å². The lowest BCUT2D eigenvalue weighted by Gasteiger charge is -2.16. The van der Waals surface area contributed by atoms with Crippen LogP contribution in [0.5, 0.6) is 0 Å². The molecule has 2 aromatic rings. The third kappa shape index (κ3) is 3.51. The number of methoxy groups -OCH3 is 1. The Morgan fingerprint density at radius 1 is 1.37 bits per heavy atom. The molecule has 0 spiro atoms. The largest absolute Gasteiger partial charge is 0.453 e. The highest BCUT2D eigenvalue weighted by molar-refractivity contribution is 6.06.